The van der Waals surface area contributed by atoms with E-state index in [0.29, 0.717) is 0 Å². The first-order valence-electron chi connectivity index (χ1n) is 4.40. The molecule has 0 heterocycles. The predicted molar refractivity (Wildman–Crippen MR) is 53.3 cm³/mol. The number of methoxy groups -OCH3 is 2. The van der Waals surface area contributed by atoms with Crippen LogP contribution in [-0.2, 0) is 11.2 Å². The minimum absolute atomic E-state index is 0.736. The van der Waals surface area contributed by atoms with Crippen LogP contribution in [0, 0.1) is 6.92 Å². The predicted octanol–water partition coefficient (Wildman–Crippen LogP) is 2.19. The Bertz CT molecular complexity index is 269. The Morgan fingerprint density at radius 1 is 1.23 bits per heavy atom. The lowest BCUT2D eigenvalue weighted by Crippen LogP contribution is -1.98. The number of aryl methyl sites for hydroxylation is 1. The summed E-state index contributed by atoms with van der Waals surface area (Å²) in [5.41, 5.74) is 2.42. The molecule has 1 rings (SSSR count). The first kappa shape index (κ1) is 10.1. The molecule has 1 aromatic rings. The first-order valence-corrected chi connectivity index (χ1v) is 4.40. The van der Waals surface area contributed by atoms with Gasteiger partial charge in [0.15, 0.2) is 0 Å². The molecular formula is C11H16O2. The lowest BCUT2D eigenvalue weighted by Gasteiger charge is -2.08. The maximum absolute atomic E-state index is 5.27. The van der Waals surface area contributed by atoms with Crippen molar-refractivity contribution in [1.82, 2.24) is 0 Å². The maximum atomic E-state index is 5.27. The van der Waals surface area contributed by atoms with E-state index in [1.807, 2.05) is 6.07 Å². The minimum Gasteiger partial charge on any atom is -0.496 e. The fourth-order valence-electron chi connectivity index (χ4n) is 1.27. The number of hydrogen-bond acceptors (Lipinski definition) is 2. The zero-order valence-corrected chi connectivity index (χ0v) is 8.46. The van der Waals surface area contributed by atoms with Gasteiger partial charge in [-0.2, -0.15) is 0 Å². The molecule has 0 unspecified atom stereocenters. The van der Waals surface area contributed by atoms with Crippen molar-refractivity contribution in [3.8, 4) is 5.75 Å². The molecule has 0 aliphatic carbocycles. The van der Waals surface area contributed by atoms with Crippen LogP contribution in [0.15, 0.2) is 18.2 Å². The van der Waals surface area contributed by atoms with E-state index in [1.165, 1.54) is 11.1 Å². The van der Waals surface area contributed by atoms with E-state index in [-0.39, 0.29) is 0 Å². The van der Waals surface area contributed by atoms with Crippen LogP contribution in [0.4, 0.5) is 0 Å². The van der Waals surface area contributed by atoms with Crippen molar-refractivity contribution < 1.29 is 9.47 Å². The van der Waals surface area contributed by atoms with Crippen LogP contribution < -0.4 is 4.74 Å². The second-order valence-corrected chi connectivity index (χ2v) is 3.06. The molecule has 0 atom stereocenters. The summed E-state index contributed by atoms with van der Waals surface area (Å²) in [6.07, 6.45) is 0.903. The van der Waals surface area contributed by atoms with E-state index in [2.05, 4.69) is 19.1 Å². The van der Waals surface area contributed by atoms with Gasteiger partial charge < -0.3 is 9.47 Å². The Kier molecular flexibility index (Phi) is 3.77. The Morgan fingerprint density at radius 2 is 2.00 bits per heavy atom. The molecule has 0 aromatic heterocycles. The number of rotatable bonds is 4. The van der Waals surface area contributed by atoms with Crippen LogP contribution in [-0.4, -0.2) is 20.8 Å². The zero-order chi connectivity index (χ0) is 9.68. The lowest BCUT2D eigenvalue weighted by atomic mass is 10.1. The summed E-state index contributed by atoms with van der Waals surface area (Å²) in [5.74, 6) is 0.956. The normalized spacial score (nSPS) is 10.1. The van der Waals surface area contributed by atoms with Gasteiger partial charge in [-0.3, -0.25) is 0 Å². The monoisotopic (exact) mass is 180 g/mol. The largest absolute Gasteiger partial charge is 0.496 e. The summed E-state index contributed by atoms with van der Waals surface area (Å²) < 4.78 is 10.3. The average molecular weight is 180 g/mol. The standard InChI is InChI=1S/C11H16O2/c1-9-4-5-10(6-7-12-2)11(8-9)13-3/h4-5,8H,6-7H2,1-3H3. The van der Waals surface area contributed by atoms with E-state index in [0.717, 1.165) is 18.8 Å². The van der Waals surface area contributed by atoms with Crippen molar-refractivity contribution in [3.05, 3.63) is 29.3 Å². The molecule has 13 heavy (non-hydrogen) atoms. The highest BCUT2D eigenvalue weighted by atomic mass is 16.5. The smallest absolute Gasteiger partial charge is 0.122 e. The molecule has 2 heteroatoms. The number of benzene rings is 1. The molecule has 0 spiro atoms. The molecule has 2 nitrogen and oxygen atoms in total. The van der Waals surface area contributed by atoms with Crippen LogP contribution in [0.25, 0.3) is 0 Å². The first-order chi connectivity index (χ1) is 6.27. The van der Waals surface area contributed by atoms with E-state index in [4.69, 9.17) is 9.47 Å². The summed E-state index contributed by atoms with van der Waals surface area (Å²) in [6.45, 7) is 2.79. The van der Waals surface area contributed by atoms with Gasteiger partial charge in [-0.05, 0) is 30.5 Å². The molecule has 0 N–H and O–H groups in total. The van der Waals surface area contributed by atoms with Crippen molar-refractivity contribution >= 4 is 0 Å². The van der Waals surface area contributed by atoms with Gasteiger partial charge >= 0.3 is 0 Å². The van der Waals surface area contributed by atoms with E-state index >= 15 is 0 Å². The van der Waals surface area contributed by atoms with Crippen LogP contribution in [0.5, 0.6) is 5.75 Å². The average Bonchev–Trinajstić information content (AvgIpc) is 2.16. The molecule has 0 bridgehead atoms. The van der Waals surface area contributed by atoms with E-state index in [9.17, 15) is 0 Å². The summed E-state index contributed by atoms with van der Waals surface area (Å²) in [7, 11) is 3.41. The second kappa shape index (κ2) is 4.87. The molecule has 0 amide bonds. The summed E-state index contributed by atoms with van der Waals surface area (Å²) in [4.78, 5) is 0. The lowest BCUT2D eigenvalue weighted by molar-refractivity contribution is 0.201. The highest BCUT2D eigenvalue weighted by Gasteiger charge is 2.01. The van der Waals surface area contributed by atoms with Gasteiger partial charge in [0.2, 0.25) is 0 Å². The van der Waals surface area contributed by atoms with Crippen LogP contribution in [0.1, 0.15) is 11.1 Å². The third kappa shape index (κ3) is 2.74. The van der Waals surface area contributed by atoms with Gasteiger partial charge in [0.1, 0.15) is 5.75 Å². The number of hydrogen-bond donors (Lipinski definition) is 0. The summed E-state index contributed by atoms with van der Waals surface area (Å²) in [5, 5.41) is 0. The highest BCUT2D eigenvalue weighted by Crippen LogP contribution is 2.20. The fourth-order valence-corrected chi connectivity index (χ4v) is 1.27. The van der Waals surface area contributed by atoms with Crippen LogP contribution in [0.2, 0.25) is 0 Å². The van der Waals surface area contributed by atoms with Gasteiger partial charge in [-0.15, -0.1) is 0 Å². The SMILES string of the molecule is COCCc1ccc(C)cc1OC. The Hall–Kier alpha value is -1.02. The third-order valence-electron chi connectivity index (χ3n) is 2.02. The van der Waals surface area contributed by atoms with Gasteiger partial charge in [0.25, 0.3) is 0 Å². The quantitative estimate of drug-likeness (QED) is 0.707. The van der Waals surface area contributed by atoms with Crippen molar-refractivity contribution in [2.75, 3.05) is 20.8 Å². The molecular weight excluding hydrogens is 164 g/mol. The molecule has 0 aliphatic heterocycles. The topological polar surface area (TPSA) is 18.5 Å². The van der Waals surface area contributed by atoms with Crippen LogP contribution >= 0.6 is 0 Å². The Morgan fingerprint density at radius 3 is 2.62 bits per heavy atom. The second-order valence-electron chi connectivity index (χ2n) is 3.06. The summed E-state index contributed by atoms with van der Waals surface area (Å²) >= 11 is 0. The highest BCUT2D eigenvalue weighted by molar-refractivity contribution is 5.37. The Labute approximate surface area is 79.5 Å². The molecule has 0 aliphatic rings. The molecule has 72 valence electrons. The van der Waals surface area contributed by atoms with Crippen molar-refractivity contribution in [1.29, 1.82) is 0 Å². The molecule has 0 saturated heterocycles. The number of ether oxygens (including phenoxy) is 2. The Balaban J connectivity index is 2.79. The van der Waals surface area contributed by atoms with Crippen molar-refractivity contribution in [2.24, 2.45) is 0 Å². The van der Waals surface area contributed by atoms with E-state index < -0.39 is 0 Å². The molecule has 0 fully saturated rings. The maximum Gasteiger partial charge on any atom is 0.122 e. The fraction of sp³-hybridized carbons (Fsp3) is 0.455. The summed E-state index contributed by atoms with van der Waals surface area (Å²) in [6, 6.07) is 6.23. The van der Waals surface area contributed by atoms with Crippen molar-refractivity contribution in [3.63, 3.8) is 0 Å². The van der Waals surface area contributed by atoms with E-state index in [1.54, 1.807) is 14.2 Å². The zero-order valence-electron chi connectivity index (χ0n) is 8.46. The van der Waals surface area contributed by atoms with Gasteiger partial charge in [0, 0.05) is 7.11 Å². The third-order valence-corrected chi connectivity index (χ3v) is 2.02. The molecule has 0 saturated carbocycles. The van der Waals surface area contributed by atoms with Gasteiger partial charge in [-0.1, -0.05) is 12.1 Å². The minimum atomic E-state index is 0.736. The van der Waals surface area contributed by atoms with Crippen LogP contribution in [0.3, 0.4) is 0 Å². The molecule has 1 aromatic carbocycles. The van der Waals surface area contributed by atoms with Gasteiger partial charge in [0.05, 0.1) is 13.7 Å². The van der Waals surface area contributed by atoms with Crippen molar-refractivity contribution in [2.45, 2.75) is 13.3 Å². The molecule has 0 radical (unpaired) electrons. The van der Waals surface area contributed by atoms with Gasteiger partial charge in [-0.25, -0.2) is 0 Å².